The Bertz CT molecular complexity index is 753. The minimum absolute atomic E-state index is 0.0489. The van der Waals surface area contributed by atoms with Gasteiger partial charge in [0.05, 0.1) is 4.88 Å². The molecule has 1 saturated heterocycles. The van der Waals surface area contributed by atoms with Crippen molar-refractivity contribution in [3.05, 3.63) is 21.4 Å². The molecule has 29 heavy (non-hydrogen) atoms. The van der Waals surface area contributed by atoms with Crippen molar-refractivity contribution in [1.29, 1.82) is 0 Å². The van der Waals surface area contributed by atoms with E-state index in [2.05, 4.69) is 36.9 Å². The number of hydrogen-bond donors (Lipinski definition) is 3. The first kappa shape index (κ1) is 21.6. The van der Waals surface area contributed by atoms with Crippen LogP contribution >= 0.6 is 11.3 Å². The van der Waals surface area contributed by atoms with Crippen LogP contribution in [0.5, 0.6) is 0 Å². The monoisotopic (exact) mass is 420 g/mol. The molecule has 2 aliphatic rings. The van der Waals surface area contributed by atoms with Crippen molar-refractivity contribution < 1.29 is 14.4 Å². The lowest BCUT2D eigenvalue weighted by Gasteiger charge is -2.31. The average Bonchev–Trinajstić information content (AvgIpc) is 3.13. The van der Waals surface area contributed by atoms with Gasteiger partial charge >= 0.3 is 6.03 Å². The van der Waals surface area contributed by atoms with E-state index in [1.54, 1.807) is 4.90 Å². The van der Waals surface area contributed by atoms with Gasteiger partial charge in [-0.15, -0.1) is 11.3 Å². The summed E-state index contributed by atoms with van der Waals surface area (Å²) in [6.45, 7) is 8.05. The molecule has 1 atom stereocenters. The molecule has 4 amide bonds. The lowest BCUT2D eigenvalue weighted by atomic mass is 9.90. The SMILES string of the molecule is CC(C)CNC(=O)C1CCN(C(=O)NNC(=O)c2cc3c(s2)CC[C@@H](C)C3)CC1. The zero-order valence-electron chi connectivity index (χ0n) is 17.5. The Morgan fingerprint density at radius 2 is 1.90 bits per heavy atom. The van der Waals surface area contributed by atoms with Gasteiger partial charge in [0, 0.05) is 30.4 Å². The number of carbonyl (C=O) groups is 3. The smallest absolute Gasteiger partial charge is 0.336 e. The molecule has 3 N–H and O–H groups in total. The molecule has 1 aromatic rings. The van der Waals surface area contributed by atoms with Gasteiger partial charge in [-0.2, -0.15) is 0 Å². The molecule has 1 aromatic heterocycles. The summed E-state index contributed by atoms with van der Waals surface area (Å²) < 4.78 is 0. The fourth-order valence-electron chi connectivity index (χ4n) is 3.86. The molecule has 2 heterocycles. The molecule has 1 aliphatic heterocycles. The van der Waals surface area contributed by atoms with Crippen LogP contribution in [0.1, 0.15) is 60.1 Å². The van der Waals surface area contributed by atoms with Crippen LogP contribution in [0, 0.1) is 17.8 Å². The second kappa shape index (κ2) is 9.61. The van der Waals surface area contributed by atoms with Crippen LogP contribution < -0.4 is 16.2 Å². The maximum Gasteiger partial charge on any atom is 0.336 e. The number of nitrogens with one attached hydrogen (secondary N) is 3. The van der Waals surface area contributed by atoms with E-state index >= 15 is 0 Å². The van der Waals surface area contributed by atoms with Crippen molar-refractivity contribution in [2.24, 2.45) is 17.8 Å². The van der Waals surface area contributed by atoms with Crippen molar-refractivity contribution in [2.75, 3.05) is 19.6 Å². The van der Waals surface area contributed by atoms with Crippen LogP contribution in [0.3, 0.4) is 0 Å². The molecular weight excluding hydrogens is 388 g/mol. The van der Waals surface area contributed by atoms with Crippen LogP contribution in [0.4, 0.5) is 4.79 Å². The highest BCUT2D eigenvalue weighted by Gasteiger charge is 2.28. The van der Waals surface area contributed by atoms with E-state index in [1.165, 1.54) is 21.8 Å². The van der Waals surface area contributed by atoms with Crippen molar-refractivity contribution in [3.8, 4) is 0 Å². The zero-order chi connectivity index (χ0) is 21.0. The number of thiophene rings is 1. The predicted octanol–water partition coefficient (Wildman–Crippen LogP) is 2.71. The summed E-state index contributed by atoms with van der Waals surface area (Å²) in [4.78, 5) is 40.5. The van der Waals surface area contributed by atoms with Crippen LogP contribution in [0.2, 0.25) is 0 Å². The van der Waals surface area contributed by atoms with Gasteiger partial charge in [0.1, 0.15) is 0 Å². The summed E-state index contributed by atoms with van der Waals surface area (Å²) in [5.41, 5.74) is 6.32. The zero-order valence-corrected chi connectivity index (χ0v) is 18.4. The van der Waals surface area contributed by atoms with E-state index < -0.39 is 0 Å². The quantitative estimate of drug-likeness (QED) is 0.654. The van der Waals surface area contributed by atoms with E-state index in [9.17, 15) is 14.4 Å². The number of urea groups is 1. The van der Waals surface area contributed by atoms with Crippen LogP contribution in [0.15, 0.2) is 6.07 Å². The third-order valence-corrected chi connectivity index (χ3v) is 6.91. The maximum absolute atomic E-state index is 12.4. The highest BCUT2D eigenvalue weighted by Crippen LogP contribution is 2.32. The number of aryl methyl sites for hydroxylation is 1. The summed E-state index contributed by atoms with van der Waals surface area (Å²) in [5.74, 6) is 0.831. The first-order valence-electron chi connectivity index (χ1n) is 10.6. The van der Waals surface area contributed by atoms with Gasteiger partial charge in [-0.25, -0.2) is 10.2 Å². The Morgan fingerprint density at radius 3 is 2.59 bits per heavy atom. The molecule has 8 heteroatoms. The van der Waals surface area contributed by atoms with Crippen molar-refractivity contribution in [1.82, 2.24) is 21.1 Å². The molecule has 1 aliphatic carbocycles. The molecule has 0 spiro atoms. The third kappa shape index (κ3) is 5.72. The summed E-state index contributed by atoms with van der Waals surface area (Å²) in [7, 11) is 0. The first-order valence-corrected chi connectivity index (χ1v) is 11.4. The molecule has 3 rings (SSSR count). The number of hydrogen-bond acceptors (Lipinski definition) is 4. The van der Waals surface area contributed by atoms with Crippen molar-refractivity contribution in [2.45, 2.75) is 52.9 Å². The summed E-state index contributed by atoms with van der Waals surface area (Å²) in [6.07, 6.45) is 4.49. The number of piperidine rings is 1. The Hall–Kier alpha value is -2.09. The fraction of sp³-hybridized carbons (Fsp3) is 0.667. The lowest BCUT2D eigenvalue weighted by molar-refractivity contribution is -0.126. The van der Waals surface area contributed by atoms with Crippen LogP contribution in [-0.2, 0) is 17.6 Å². The second-order valence-electron chi connectivity index (χ2n) is 8.69. The van der Waals surface area contributed by atoms with E-state index in [1.807, 2.05) is 6.07 Å². The van der Waals surface area contributed by atoms with Gasteiger partial charge in [-0.1, -0.05) is 20.8 Å². The normalized spacial score (nSPS) is 19.6. The number of nitrogens with zero attached hydrogens (tertiary/aromatic N) is 1. The molecule has 7 nitrogen and oxygen atoms in total. The molecule has 1 fully saturated rings. The standard InChI is InChI=1S/C21H32N4O3S/c1-13(2)12-22-19(26)15-6-8-25(9-7-15)21(28)24-23-20(27)18-11-16-10-14(3)4-5-17(16)29-18/h11,13-15H,4-10,12H2,1-3H3,(H,22,26)(H,23,27)(H,24,28)/t14-/m1/s1. The minimum atomic E-state index is -0.325. The topological polar surface area (TPSA) is 90.5 Å². The third-order valence-electron chi connectivity index (χ3n) is 5.67. The van der Waals surface area contributed by atoms with E-state index in [-0.39, 0.29) is 23.8 Å². The minimum Gasteiger partial charge on any atom is -0.356 e. The van der Waals surface area contributed by atoms with Gasteiger partial charge in [-0.3, -0.25) is 15.0 Å². The van der Waals surface area contributed by atoms with Gasteiger partial charge in [0.25, 0.3) is 5.91 Å². The molecule has 0 unspecified atom stereocenters. The molecule has 0 saturated carbocycles. The Morgan fingerprint density at radius 1 is 1.17 bits per heavy atom. The number of likely N-dealkylation sites (tertiary alicyclic amines) is 1. The Kier molecular flexibility index (Phi) is 7.16. The summed E-state index contributed by atoms with van der Waals surface area (Å²) in [6, 6.07) is 1.63. The van der Waals surface area contributed by atoms with Gasteiger partial charge < -0.3 is 10.2 Å². The van der Waals surface area contributed by atoms with Crippen molar-refractivity contribution >= 4 is 29.2 Å². The van der Waals surface area contributed by atoms with Gasteiger partial charge in [0.15, 0.2) is 0 Å². The highest BCUT2D eigenvalue weighted by molar-refractivity contribution is 7.14. The predicted molar refractivity (Wildman–Crippen MR) is 114 cm³/mol. The molecule has 0 bridgehead atoms. The maximum atomic E-state index is 12.4. The first-order chi connectivity index (χ1) is 13.8. The van der Waals surface area contributed by atoms with E-state index in [0.29, 0.717) is 49.2 Å². The lowest BCUT2D eigenvalue weighted by Crippen LogP contribution is -2.52. The van der Waals surface area contributed by atoms with E-state index in [4.69, 9.17) is 0 Å². The van der Waals surface area contributed by atoms with Gasteiger partial charge in [-0.05, 0) is 55.6 Å². The number of carbonyl (C=O) groups excluding carboxylic acids is 3. The largest absolute Gasteiger partial charge is 0.356 e. The van der Waals surface area contributed by atoms with Crippen LogP contribution in [-0.4, -0.2) is 42.4 Å². The number of hydrazine groups is 1. The Balaban J connectivity index is 1.42. The number of amides is 4. The average molecular weight is 421 g/mol. The molecule has 0 radical (unpaired) electrons. The molecule has 160 valence electrons. The summed E-state index contributed by atoms with van der Waals surface area (Å²) >= 11 is 1.52. The summed E-state index contributed by atoms with van der Waals surface area (Å²) in [5, 5.41) is 2.96. The van der Waals surface area contributed by atoms with Crippen LogP contribution in [0.25, 0.3) is 0 Å². The number of fused-ring (bicyclic) bond motifs is 1. The Labute approximate surface area is 176 Å². The van der Waals surface area contributed by atoms with E-state index in [0.717, 1.165) is 19.3 Å². The fourth-order valence-corrected chi connectivity index (χ4v) is 4.97. The molecular formula is C21H32N4O3S. The number of rotatable bonds is 4. The highest BCUT2D eigenvalue weighted by atomic mass is 32.1. The van der Waals surface area contributed by atoms with Crippen molar-refractivity contribution in [3.63, 3.8) is 0 Å². The molecule has 0 aromatic carbocycles. The van der Waals surface area contributed by atoms with Gasteiger partial charge in [0.2, 0.25) is 5.91 Å². The second-order valence-corrected chi connectivity index (χ2v) is 9.83.